The summed E-state index contributed by atoms with van der Waals surface area (Å²) in [6.45, 7) is 1.82. The molecule has 0 bridgehead atoms. The smallest absolute Gasteiger partial charge is 0.322 e. The molecule has 4 aromatic carbocycles. The maximum absolute atomic E-state index is 12.9. The molecule has 41 heavy (non-hydrogen) atoms. The summed E-state index contributed by atoms with van der Waals surface area (Å²) in [6.07, 6.45) is -4.64. The monoisotopic (exact) mass is 623 g/mol. The van der Waals surface area contributed by atoms with E-state index in [1.54, 1.807) is 12.1 Å². The molecule has 1 amide bonds. The van der Waals surface area contributed by atoms with Gasteiger partial charge in [0, 0.05) is 11.4 Å². The predicted molar refractivity (Wildman–Crippen MR) is 150 cm³/mol. The molecule has 0 saturated carbocycles. The van der Waals surface area contributed by atoms with E-state index < -0.39 is 37.7 Å². The number of amides is 1. The summed E-state index contributed by atoms with van der Waals surface area (Å²) in [7, 11) is -8.12. The van der Waals surface area contributed by atoms with Crippen molar-refractivity contribution in [2.75, 3.05) is 14.8 Å². The number of sulfonamides is 2. The highest BCUT2D eigenvalue weighted by Gasteiger charge is 2.30. The molecule has 0 heterocycles. The normalized spacial score (nSPS) is 12.0. The van der Waals surface area contributed by atoms with Crippen molar-refractivity contribution in [3.63, 3.8) is 0 Å². The first-order valence-corrected chi connectivity index (χ1v) is 15.0. The number of rotatable bonds is 8. The van der Waals surface area contributed by atoms with Gasteiger partial charge < -0.3 is 5.32 Å². The molecule has 0 fully saturated rings. The van der Waals surface area contributed by atoms with E-state index in [0.29, 0.717) is 6.07 Å². The van der Waals surface area contributed by atoms with Gasteiger partial charge in [0.15, 0.2) is 0 Å². The number of benzene rings is 4. The van der Waals surface area contributed by atoms with Crippen molar-refractivity contribution in [2.45, 2.75) is 22.9 Å². The lowest BCUT2D eigenvalue weighted by molar-refractivity contribution is -0.137. The molecule has 0 spiro atoms. The topological polar surface area (TPSA) is 121 Å². The van der Waals surface area contributed by atoms with E-state index >= 15 is 0 Å². The Morgan fingerprint density at radius 1 is 0.707 bits per heavy atom. The largest absolute Gasteiger partial charge is 0.416 e. The van der Waals surface area contributed by atoms with Crippen LogP contribution in [0.5, 0.6) is 0 Å². The Bertz CT molecular complexity index is 1810. The summed E-state index contributed by atoms with van der Waals surface area (Å²) in [5, 5.41) is 2.50. The zero-order chi connectivity index (χ0) is 30.0. The lowest BCUT2D eigenvalue weighted by Gasteiger charge is -2.12. The number of hydrogen-bond donors (Lipinski definition) is 3. The zero-order valence-electron chi connectivity index (χ0n) is 21.0. The van der Waals surface area contributed by atoms with Crippen LogP contribution in [0.4, 0.5) is 30.2 Å². The molecule has 0 aliphatic carbocycles. The predicted octanol–water partition coefficient (Wildman–Crippen LogP) is 6.52. The van der Waals surface area contributed by atoms with Crippen LogP contribution < -0.4 is 14.8 Å². The lowest BCUT2D eigenvalue weighted by Crippen LogP contribution is -2.15. The number of hydrogen-bond acceptors (Lipinski definition) is 5. The number of halogens is 4. The fraction of sp³-hybridized carbons (Fsp3) is 0.0741. The van der Waals surface area contributed by atoms with Gasteiger partial charge >= 0.3 is 6.18 Å². The fourth-order valence-electron chi connectivity index (χ4n) is 3.58. The van der Waals surface area contributed by atoms with Crippen molar-refractivity contribution in [1.82, 2.24) is 0 Å². The molecule has 3 N–H and O–H groups in total. The van der Waals surface area contributed by atoms with Crippen molar-refractivity contribution in [1.29, 1.82) is 0 Å². The first-order valence-electron chi connectivity index (χ1n) is 11.6. The summed E-state index contributed by atoms with van der Waals surface area (Å²) in [5.41, 5.74) is -0.0240. The van der Waals surface area contributed by atoms with Gasteiger partial charge in [-0.15, -0.1) is 0 Å². The SMILES string of the molecule is Cc1ccc(S(=O)(=O)Nc2ccc(C(=O)Nc3ccc(S(=O)(=O)Nc4cccc(C(F)(F)F)c4)cc3)c(Cl)c2)cc1. The standard InChI is InChI=1S/C27H21ClF3N3O5S2/c1-17-5-10-22(11-6-17)40(36,37)34-21-9-14-24(25(28)16-21)26(35)32-19-7-12-23(13-8-19)41(38,39)33-20-4-2-3-18(15-20)27(29,30)31/h2-16,33-34H,1H3,(H,32,35). The van der Waals surface area contributed by atoms with Crippen molar-refractivity contribution in [2.24, 2.45) is 0 Å². The summed E-state index contributed by atoms with van der Waals surface area (Å²) in [5.74, 6) is -0.652. The molecule has 0 aliphatic heterocycles. The van der Waals surface area contributed by atoms with Crippen molar-refractivity contribution in [3.05, 3.63) is 113 Å². The number of carbonyl (C=O) groups excluding carboxylic acids is 1. The fourth-order valence-corrected chi connectivity index (χ4v) is 5.95. The maximum Gasteiger partial charge on any atom is 0.416 e. The number of carbonyl (C=O) groups is 1. The summed E-state index contributed by atoms with van der Waals surface area (Å²) < 4.78 is 93.8. The van der Waals surface area contributed by atoms with Gasteiger partial charge in [0.25, 0.3) is 26.0 Å². The van der Waals surface area contributed by atoms with Crippen molar-refractivity contribution >= 4 is 54.6 Å². The van der Waals surface area contributed by atoms with E-state index in [2.05, 4.69) is 14.8 Å². The number of anilines is 3. The minimum absolute atomic E-state index is 0.0212. The van der Waals surface area contributed by atoms with Gasteiger partial charge in [-0.1, -0.05) is 35.4 Å². The second kappa shape index (κ2) is 11.4. The van der Waals surface area contributed by atoms with Crippen LogP contribution >= 0.6 is 11.6 Å². The molecule has 0 radical (unpaired) electrons. The van der Waals surface area contributed by atoms with Crippen molar-refractivity contribution in [3.8, 4) is 0 Å². The van der Waals surface area contributed by atoms with E-state index in [4.69, 9.17) is 11.6 Å². The molecule has 8 nitrogen and oxygen atoms in total. The van der Waals surface area contributed by atoms with Gasteiger partial charge in [0.05, 0.1) is 31.6 Å². The third kappa shape index (κ3) is 7.37. The first-order chi connectivity index (χ1) is 19.1. The van der Waals surface area contributed by atoms with Crippen LogP contribution in [-0.4, -0.2) is 22.7 Å². The van der Waals surface area contributed by atoms with E-state index in [9.17, 15) is 34.8 Å². The maximum atomic E-state index is 12.9. The van der Waals surface area contributed by atoms with Crippen LogP contribution in [0, 0.1) is 6.92 Å². The minimum Gasteiger partial charge on any atom is -0.322 e. The summed E-state index contributed by atoms with van der Waals surface area (Å²) in [4.78, 5) is 12.6. The van der Waals surface area contributed by atoms with Gasteiger partial charge in [0.2, 0.25) is 0 Å². The van der Waals surface area contributed by atoms with Crippen LogP contribution in [0.3, 0.4) is 0 Å². The quantitative estimate of drug-likeness (QED) is 0.206. The highest BCUT2D eigenvalue weighted by atomic mass is 35.5. The first kappa shape index (κ1) is 29.9. The third-order valence-electron chi connectivity index (χ3n) is 5.66. The number of alkyl halides is 3. The Labute approximate surface area is 239 Å². The Morgan fingerprint density at radius 3 is 1.76 bits per heavy atom. The van der Waals surface area contributed by atoms with Crippen LogP contribution in [0.15, 0.2) is 101 Å². The van der Waals surface area contributed by atoms with E-state index in [1.165, 1.54) is 48.5 Å². The molecule has 4 rings (SSSR count). The molecule has 0 aromatic heterocycles. The Hall–Kier alpha value is -4.07. The molecule has 4 aromatic rings. The second-order valence-electron chi connectivity index (χ2n) is 8.78. The van der Waals surface area contributed by atoms with Gasteiger partial charge in [-0.3, -0.25) is 14.2 Å². The molecular weight excluding hydrogens is 603 g/mol. The van der Waals surface area contributed by atoms with Gasteiger partial charge in [-0.25, -0.2) is 16.8 Å². The third-order valence-corrected chi connectivity index (χ3v) is 8.77. The average molecular weight is 624 g/mol. The van der Waals surface area contributed by atoms with E-state index in [1.807, 2.05) is 6.92 Å². The van der Waals surface area contributed by atoms with E-state index in [0.717, 1.165) is 29.8 Å². The van der Waals surface area contributed by atoms with E-state index in [-0.39, 0.29) is 37.4 Å². The molecule has 0 saturated heterocycles. The van der Waals surface area contributed by atoms with Crippen molar-refractivity contribution < 1.29 is 34.8 Å². The van der Waals surface area contributed by atoms with Gasteiger partial charge in [-0.2, -0.15) is 13.2 Å². The summed E-state index contributed by atoms with van der Waals surface area (Å²) in [6, 6.07) is 18.8. The second-order valence-corrected chi connectivity index (χ2v) is 12.5. The molecule has 0 atom stereocenters. The Morgan fingerprint density at radius 2 is 1.22 bits per heavy atom. The number of nitrogens with one attached hydrogen (secondary N) is 3. The molecular formula is C27H21ClF3N3O5S2. The van der Waals surface area contributed by atoms with Crippen LogP contribution in [0.2, 0.25) is 5.02 Å². The minimum atomic E-state index is -4.64. The van der Waals surface area contributed by atoms with Crippen LogP contribution in [0.1, 0.15) is 21.5 Å². The molecule has 214 valence electrons. The highest BCUT2D eigenvalue weighted by Crippen LogP contribution is 2.31. The molecule has 0 unspecified atom stereocenters. The molecule has 0 aliphatic rings. The lowest BCUT2D eigenvalue weighted by atomic mass is 10.2. The zero-order valence-corrected chi connectivity index (χ0v) is 23.4. The summed E-state index contributed by atoms with van der Waals surface area (Å²) >= 11 is 6.23. The van der Waals surface area contributed by atoms with Crippen LogP contribution in [0.25, 0.3) is 0 Å². The van der Waals surface area contributed by atoms with Crippen LogP contribution in [-0.2, 0) is 26.2 Å². The van der Waals surface area contributed by atoms with Gasteiger partial charge in [0.1, 0.15) is 0 Å². The van der Waals surface area contributed by atoms with Gasteiger partial charge in [-0.05, 0) is 79.7 Å². The Balaban J connectivity index is 1.43. The Kier molecular flexibility index (Phi) is 8.34. The highest BCUT2D eigenvalue weighted by molar-refractivity contribution is 7.93. The molecule has 14 heteroatoms. The average Bonchev–Trinajstić information content (AvgIpc) is 2.88. The number of aryl methyl sites for hydroxylation is 1.